The van der Waals surface area contributed by atoms with Crippen molar-refractivity contribution >= 4 is 34.2 Å². The minimum atomic E-state index is -0.953. The number of carboxylic acid groups (broad SMARTS) is 1. The number of anilines is 1. The number of imidazole rings is 1. The van der Waals surface area contributed by atoms with Crippen molar-refractivity contribution in [1.29, 1.82) is 0 Å². The van der Waals surface area contributed by atoms with Crippen LogP contribution in [-0.4, -0.2) is 33.6 Å². The highest BCUT2D eigenvalue weighted by Gasteiger charge is 2.18. The number of carbonyl (C=O) groups is 1. The second-order valence-corrected chi connectivity index (χ2v) is 5.67. The Hall–Kier alpha value is -1.82. The van der Waals surface area contributed by atoms with Gasteiger partial charge in [0.05, 0.1) is 5.69 Å². The summed E-state index contributed by atoms with van der Waals surface area (Å²) in [6, 6.07) is 0.363. The lowest BCUT2D eigenvalue weighted by molar-refractivity contribution is -0.131. The van der Waals surface area contributed by atoms with Crippen LogP contribution in [0.5, 0.6) is 0 Å². The van der Waals surface area contributed by atoms with Gasteiger partial charge in [-0.1, -0.05) is 13.3 Å². The molecular weight excluding hydrogens is 274 g/mol. The predicted molar refractivity (Wildman–Crippen MR) is 82.5 cm³/mol. The molecule has 6 heteroatoms. The van der Waals surface area contributed by atoms with Crippen molar-refractivity contribution in [2.75, 3.05) is 11.9 Å². The molecule has 0 saturated heterocycles. The van der Waals surface area contributed by atoms with Gasteiger partial charge in [0.2, 0.25) is 0 Å². The van der Waals surface area contributed by atoms with Gasteiger partial charge in [0.1, 0.15) is 0 Å². The molecule has 0 aromatic carbocycles. The van der Waals surface area contributed by atoms with Crippen LogP contribution < -0.4 is 4.90 Å². The van der Waals surface area contributed by atoms with Crippen molar-refractivity contribution in [3.63, 3.8) is 0 Å². The second kappa shape index (κ2) is 6.09. The van der Waals surface area contributed by atoms with Crippen molar-refractivity contribution in [3.8, 4) is 0 Å². The molecule has 108 valence electrons. The lowest BCUT2D eigenvalue weighted by Gasteiger charge is -2.25. The van der Waals surface area contributed by atoms with Crippen molar-refractivity contribution in [2.45, 2.75) is 32.7 Å². The SMILES string of the molecule is CCCC(C)N(C)c1nc2sccn2c1/C=C/C(=O)O. The van der Waals surface area contributed by atoms with Crippen molar-refractivity contribution in [3.05, 3.63) is 23.3 Å². The number of thiazole rings is 1. The summed E-state index contributed by atoms with van der Waals surface area (Å²) in [4.78, 5) is 18.4. The van der Waals surface area contributed by atoms with E-state index < -0.39 is 5.97 Å². The molecule has 0 saturated carbocycles. The minimum absolute atomic E-state index is 0.363. The van der Waals surface area contributed by atoms with E-state index in [9.17, 15) is 4.79 Å². The van der Waals surface area contributed by atoms with E-state index >= 15 is 0 Å². The highest BCUT2D eigenvalue weighted by Crippen LogP contribution is 2.27. The summed E-state index contributed by atoms with van der Waals surface area (Å²) in [6.45, 7) is 4.31. The highest BCUT2D eigenvalue weighted by molar-refractivity contribution is 7.15. The summed E-state index contributed by atoms with van der Waals surface area (Å²) >= 11 is 1.54. The van der Waals surface area contributed by atoms with Gasteiger partial charge in [-0.05, 0) is 19.4 Å². The van der Waals surface area contributed by atoms with Gasteiger partial charge in [0, 0.05) is 30.7 Å². The monoisotopic (exact) mass is 293 g/mol. The Morgan fingerprint density at radius 2 is 2.40 bits per heavy atom. The van der Waals surface area contributed by atoms with Crippen LogP contribution in [0, 0.1) is 0 Å². The molecule has 20 heavy (non-hydrogen) atoms. The Labute approximate surface area is 122 Å². The number of carboxylic acids is 1. The Bertz CT molecular complexity index is 629. The van der Waals surface area contributed by atoms with Crippen LogP contribution in [0.3, 0.4) is 0 Å². The lowest BCUT2D eigenvalue weighted by atomic mass is 10.1. The van der Waals surface area contributed by atoms with E-state index in [-0.39, 0.29) is 0 Å². The molecule has 0 radical (unpaired) electrons. The summed E-state index contributed by atoms with van der Waals surface area (Å²) in [5, 5.41) is 10.8. The van der Waals surface area contributed by atoms with E-state index in [1.54, 1.807) is 17.4 Å². The summed E-state index contributed by atoms with van der Waals surface area (Å²) < 4.78 is 1.93. The van der Waals surface area contributed by atoms with Crippen molar-refractivity contribution in [1.82, 2.24) is 9.38 Å². The first kappa shape index (κ1) is 14.6. The molecule has 0 bridgehead atoms. The first-order valence-electron chi connectivity index (χ1n) is 6.64. The molecule has 1 atom stereocenters. The van der Waals surface area contributed by atoms with E-state index in [0.717, 1.165) is 35.4 Å². The van der Waals surface area contributed by atoms with Crippen LogP contribution in [-0.2, 0) is 4.79 Å². The third-order valence-electron chi connectivity index (χ3n) is 3.37. The van der Waals surface area contributed by atoms with Crippen LogP contribution >= 0.6 is 11.3 Å². The van der Waals surface area contributed by atoms with Gasteiger partial charge < -0.3 is 10.0 Å². The van der Waals surface area contributed by atoms with Gasteiger partial charge in [0.25, 0.3) is 0 Å². The summed E-state index contributed by atoms with van der Waals surface area (Å²) in [7, 11) is 2.00. The Balaban J connectivity index is 2.43. The van der Waals surface area contributed by atoms with Crippen molar-refractivity contribution < 1.29 is 9.90 Å². The molecule has 0 aliphatic carbocycles. The van der Waals surface area contributed by atoms with E-state index in [1.807, 2.05) is 23.0 Å². The second-order valence-electron chi connectivity index (χ2n) is 4.80. The van der Waals surface area contributed by atoms with Crippen LogP contribution in [0.1, 0.15) is 32.4 Å². The molecule has 0 aliphatic heterocycles. The number of hydrogen-bond acceptors (Lipinski definition) is 4. The molecule has 5 nitrogen and oxygen atoms in total. The number of rotatable bonds is 6. The maximum absolute atomic E-state index is 10.8. The molecule has 0 aliphatic rings. The van der Waals surface area contributed by atoms with E-state index in [4.69, 9.17) is 5.11 Å². The maximum Gasteiger partial charge on any atom is 0.328 e. The Morgan fingerprint density at radius 1 is 1.65 bits per heavy atom. The molecule has 2 aromatic heterocycles. The number of nitrogens with zero attached hydrogens (tertiary/aromatic N) is 3. The van der Waals surface area contributed by atoms with E-state index in [2.05, 4.69) is 23.7 Å². The summed E-state index contributed by atoms with van der Waals surface area (Å²) in [6.07, 6.45) is 6.86. The fraction of sp³-hybridized carbons (Fsp3) is 0.429. The predicted octanol–water partition coefficient (Wildman–Crippen LogP) is 3.12. The molecule has 0 amide bonds. The smallest absolute Gasteiger partial charge is 0.328 e. The molecule has 1 N–H and O–H groups in total. The summed E-state index contributed by atoms with van der Waals surface area (Å²) in [5.74, 6) is -0.124. The Morgan fingerprint density at radius 3 is 3.05 bits per heavy atom. The molecule has 0 spiro atoms. The number of aliphatic carboxylic acids is 1. The normalized spacial score (nSPS) is 13.2. The number of aromatic nitrogens is 2. The number of hydrogen-bond donors (Lipinski definition) is 1. The number of fused-ring (bicyclic) bond motifs is 1. The van der Waals surface area contributed by atoms with E-state index in [0.29, 0.717) is 6.04 Å². The largest absolute Gasteiger partial charge is 0.478 e. The van der Waals surface area contributed by atoms with Gasteiger partial charge in [-0.25, -0.2) is 9.78 Å². The molecule has 0 fully saturated rings. The van der Waals surface area contributed by atoms with Gasteiger partial charge >= 0.3 is 5.97 Å². The van der Waals surface area contributed by atoms with Gasteiger partial charge in [-0.3, -0.25) is 4.40 Å². The van der Waals surface area contributed by atoms with Crippen LogP contribution in [0.25, 0.3) is 11.0 Å². The van der Waals surface area contributed by atoms with E-state index in [1.165, 1.54) is 0 Å². The zero-order chi connectivity index (χ0) is 14.7. The fourth-order valence-electron chi connectivity index (χ4n) is 2.18. The quantitative estimate of drug-likeness (QED) is 0.831. The molecule has 1 unspecified atom stereocenters. The van der Waals surface area contributed by atoms with Gasteiger partial charge in [-0.2, -0.15) is 0 Å². The zero-order valence-electron chi connectivity index (χ0n) is 11.9. The first-order chi connectivity index (χ1) is 9.54. The van der Waals surface area contributed by atoms with Crippen molar-refractivity contribution in [2.24, 2.45) is 0 Å². The molecule has 2 aromatic rings. The van der Waals surface area contributed by atoms with Gasteiger partial charge in [0.15, 0.2) is 10.8 Å². The van der Waals surface area contributed by atoms with Crippen LogP contribution in [0.4, 0.5) is 5.82 Å². The Kier molecular flexibility index (Phi) is 4.44. The average molecular weight is 293 g/mol. The zero-order valence-corrected chi connectivity index (χ0v) is 12.7. The molecule has 2 heterocycles. The highest BCUT2D eigenvalue weighted by atomic mass is 32.1. The third kappa shape index (κ3) is 2.85. The third-order valence-corrected chi connectivity index (χ3v) is 4.12. The fourth-order valence-corrected chi connectivity index (χ4v) is 2.89. The topological polar surface area (TPSA) is 57.8 Å². The van der Waals surface area contributed by atoms with Gasteiger partial charge in [-0.15, -0.1) is 11.3 Å². The standard InChI is InChI=1S/C14H19N3O2S/c1-4-5-10(2)16(3)13-11(6-7-12(18)19)17-8-9-20-14(17)15-13/h6-10H,4-5H2,1-3H3,(H,18,19)/b7-6+. The minimum Gasteiger partial charge on any atom is -0.478 e. The maximum atomic E-state index is 10.8. The lowest BCUT2D eigenvalue weighted by Crippen LogP contribution is -2.29. The first-order valence-corrected chi connectivity index (χ1v) is 7.52. The molecular formula is C14H19N3O2S. The van der Waals surface area contributed by atoms with Crippen LogP contribution in [0.2, 0.25) is 0 Å². The van der Waals surface area contributed by atoms with Crippen LogP contribution in [0.15, 0.2) is 17.7 Å². The summed E-state index contributed by atoms with van der Waals surface area (Å²) in [5.41, 5.74) is 0.814. The molecule has 2 rings (SSSR count). The average Bonchev–Trinajstić information content (AvgIpc) is 2.96.